The van der Waals surface area contributed by atoms with Gasteiger partial charge in [0.2, 0.25) is 0 Å². The molecule has 0 saturated carbocycles. The molecule has 40 heavy (non-hydrogen) atoms. The third-order valence-corrected chi connectivity index (χ3v) is 6.52. The highest BCUT2D eigenvalue weighted by Crippen LogP contribution is 2.39. The summed E-state index contributed by atoms with van der Waals surface area (Å²) < 4.78 is 88.6. The summed E-state index contributed by atoms with van der Waals surface area (Å²) >= 11 is 5.90. The number of halogens is 7. The van der Waals surface area contributed by atoms with Gasteiger partial charge in [0.1, 0.15) is 42.5 Å². The van der Waals surface area contributed by atoms with E-state index in [1.807, 2.05) is 0 Å². The van der Waals surface area contributed by atoms with Crippen LogP contribution < -0.4 is 0 Å². The van der Waals surface area contributed by atoms with E-state index in [9.17, 15) is 41.7 Å². The van der Waals surface area contributed by atoms with Crippen molar-refractivity contribution >= 4 is 11.6 Å². The fraction of sp³-hybridized carbons (Fsp3) is 0.304. The first-order chi connectivity index (χ1) is 18.9. The molecule has 212 valence electrons. The molecule has 5 rings (SSSR count). The lowest BCUT2D eigenvalue weighted by Gasteiger charge is -2.41. The van der Waals surface area contributed by atoms with Gasteiger partial charge >= 0.3 is 6.18 Å². The number of hydrogen-bond acceptors (Lipinski definition) is 8. The molecule has 0 bridgehead atoms. The van der Waals surface area contributed by atoms with Crippen LogP contribution in [0.15, 0.2) is 42.9 Å². The highest BCUT2D eigenvalue weighted by molar-refractivity contribution is 6.30. The summed E-state index contributed by atoms with van der Waals surface area (Å²) in [6, 6.07) is 2.61. The number of aromatic nitrogens is 6. The lowest BCUT2D eigenvalue weighted by Crippen LogP contribution is -2.53. The predicted molar refractivity (Wildman–Crippen MR) is 122 cm³/mol. The number of aliphatic hydroxyl groups excluding tert-OH is 3. The van der Waals surface area contributed by atoms with Crippen molar-refractivity contribution in [1.82, 2.24) is 29.8 Å². The number of nitrogens with zero attached hydrogens (tertiary/aromatic N) is 6. The quantitative estimate of drug-likeness (QED) is 0.239. The number of hydrogen-bond donors (Lipinski definition) is 3. The zero-order valence-electron chi connectivity index (χ0n) is 19.7. The minimum atomic E-state index is -4.73. The average Bonchev–Trinajstić information content (AvgIpc) is 3.57. The van der Waals surface area contributed by atoms with Gasteiger partial charge in [0.25, 0.3) is 0 Å². The molecule has 0 radical (unpaired) electrons. The number of rotatable bonds is 5. The Morgan fingerprint density at radius 1 is 0.975 bits per heavy atom. The fourth-order valence-corrected chi connectivity index (χ4v) is 4.63. The minimum Gasteiger partial charge on any atom is -0.394 e. The van der Waals surface area contributed by atoms with Crippen molar-refractivity contribution in [3.8, 4) is 16.9 Å². The molecule has 1 saturated heterocycles. The molecule has 4 aromatic rings. The minimum absolute atomic E-state index is 0.123. The van der Waals surface area contributed by atoms with Crippen LogP contribution in [0.3, 0.4) is 0 Å². The van der Waals surface area contributed by atoms with Crippen molar-refractivity contribution in [2.24, 2.45) is 0 Å². The molecule has 5 atom stereocenters. The first kappa shape index (κ1) is 28.0. The fourth-order valence-electron chi connectivity index (χ4n) is 4.40. The van der Waals surface area contributed by atoms with E-state index in [2.05, 4.69) is 20.5 Å². The largest absolute Gasteiger partial charge is 0.416 e. The first-order valence-corrected chi connectivity index (χ1v) is 11.7. The second-order valence-electron chi connectivity index (χ2n) is 8.84. The van der Waals surface area contributed by atoms with Crippen molar-refractivity contribution in [1.29, 1.82) is 0 Å². The van der Waals surface area contributed by atoms with Crippen LogP contribution in [0.2, 0.25) is 5.02 Å². The van der Waals surface area contributed by atoms with E-state index in [0.29, 0.717) is 12.1 Å². The molecule has 0 aliphatic carbocycles. The van der Waals surface area contributed by atoms with Gasteiger partial charge in [-0.1, -0.05) is 16.8 Å². The lowest BCUT2D eigenvalue weighted by molar-refractivity contribution is -0.210. The molecule has 10 nitrogen and oxygen atoms in total. The Balaban J connectivity index is 1.53. The van der Waals surface area contributed by atoms with Crippen molar-refractivity contribution in [2.45, 2.75) is 36.6 Å². The van der Waals surface area contributed by atoms with Crippen LogP contribution in [-0.4, -0.2) is 70.0 Å². The monoisotopic (exact) mass is 590 g/mol. The molecular formula is C23H17ClF6N6O4. The van der Waals surface area contributed by atoms with Crippen molar-refractivity contribution < 1.29 is 46.4 Å². The molecule has 0 spiro atoms. The zero-order valence-corrected chi connectivity index (χ0v) is 20.5. The third kappa shape index (κ3) is 5.03. The molecule has 2 aromatic carbocycles. The van der Waals surface area contributed by atoms with Crippen LogP contribution in [0, 0.1) is 17.5 Å². The molecule has 1 fully saturated rings. The standard InChI is InChI=1S/C23H17ClF6N6O4/c24-11-3-10(23(28,29)30)4-12(5-11)35-8-31-33-22(35)21-20(39)18(19(38)16(7-37)40-21)36-6-15(32-34-36)9-1-13(25)17(27)14(26)2-9/h1-6,8,16,18-21,37-39H,7H2/t16-,18?,19+,20-,21-/m1/s1. The second-order valence-corrected chi connectivity index (χ2v) is 9.28. The van der Waals surface area contributed by atoms with E-state index in [0.717, 1.165) is 33.9 Å². The Morgan fingerprint density at radius 2 is 1.68 bits per heavy atom. The summed E-state index contributed by atoms with van der Waals surface area (Å²) in [7, 11) is 0. The molecule has 17 heteroatoms. The number of benzene rings is 2. The Labute approximate surface area is 225 Å². The predicted octanol–water partition coefficient (Wildman–Crippen LogP) is 3.01. The smallest absolute Gasteiger partial charge is 0.394 e. The van der Waals surface area contributed by atoms with E-state index in [4.69, 9.17) is 16.3 Å². The van der Waals surface area contributed by atoms with Gasteiger partial charge < -0.3 is 20.1 Å². The highest BCUT2D eigenvalue weighted by atomic mass is 35.5. The van der Waals surface area contributed by atoms with E-state index in [-0.39, 0.29) is 27.8 Å². The molecule has 2 aromatic heterocycles. The summed E-state index contributed by atoms with van der Waals surface area (Å²) in [6.45, 7) is -0.764. The SMILES string of the molecule is OC[C@H]1O[C@@H](c2nncn2-c2cc(Cl)cc(C(F)(F)F)c2)[C@H](O)C(n2cc(-c3cc(F)c(F)c(F)c3)nn2)[C@H]1O. The second kappa shape index (κ2) is 10.4. The van der Waals surface area contributed by atoms with E-state index < -0.39 is 66.3 Å². The van der Waals surface area contributed by atoms with Gasteiger partial charge in [0.05, 0.1) is 24.1 Å². The van der Waals surface area contributed by atoms with Gasteiger partial charge in [0.15, 0.2) is 23.3 Å². The van der Waals surface area contributed by atoms with Crippen LogP contribution in [0.5, 0.6) is 0 Å². The van der Waals surface area contributed by atoms with Crippen molar-refractivity contribution in [3.63, 3.8) is 0 Å². The third-order valence-electron chi connectivity index (χ3n) is 6.30. The molecule has 3 heterocycles. The maximum Gasteiger partial charge on any atom is 0.416 e. The topological polar surface area (TPSA) is 131 Å². The highest BCUT2D eigenvalue weighted by Gasteiger charge is 2.48. The van der Waals surface area contributed by atoms with Gasteiger partial charge in [0, 0.05) is 10.6 Å². The van der Waals surface area contributed by atoms with E-state index >= 15 is 0 Å². The molecule has 3 N–H and O–H groups in total. The van der Waals surface area contributed by atoms with Crippen molar-refractivity contribution in [2.75, 3.05) is 6.61 Å². The normalized spacial score (nSPS) is 23.5. The molecule has 1 aliphatic heterocycles. The number of alkyl halides is 3. The average molecular weight is 591 g/mol. The lowest BCUT2D eigenvalue weighted by atomic mass is 9.92. The van der Waals surface area contributed by atoms with Crippen LogP contribution in [0.1, 0.15) is 23.5 Å². The van der Waals surface area contributed by atoms with Gasteiger partial charge in [-0.05, 0) is 30.3 Å². The van der Waals surface area contributed by atoms with Crippen LogP contribution in [-0.2, 0) is 10.9 Å². The van der Waals surface area contributed by atoms with Gasteiger partial charge in [-0.25, -0.2) is 17.9 Å². The van der Waals surface area contributed by atoms with E-state index in [1.54, 1.807) is 0 Å². The Morgan fingerprint density at radius 3 is 2.33 bits per heavy atom. The summed E-state index contributed by atoms with van der Waals surface area (Å²) in [5.41, 5.74) is -1.54. The van der Waals surface area contributed by atoms with Crippen LogP contribution >= 0.6 is 11.6 Å². The maximum atomic E-state index is 13.7. The Kier molecular flexibility index (Phi) is 7.30. The molecule has 1 unspecified atom stereocenters. The summed E-state index contributed by atoms with van der Waals surface area (Å²) in [4.78, 5) is 0. The van der Waals surface area contributed by atoms with Crippen molar-refractivity contribution in [3.05, 3.63) is 76.7 Å². The van der Waals surface area contributed by atoms with Crippen LogP contribution in [0.25, 0.3) is 16.9 Å². The first-order valence-electron chi connectivity index (χ1n) is 11.4. The summed E-state index contributed by atoms with van der Waals surface area (Å²) in [5, 5.41) is 46.8. The van der Waals surface area contributed by atoms with Gasteiger partial charge in [-0.15, -0.1) is 15.3 Å². The summed E-state index contributed by atoms with van der Waals surface area (Å²) in [6.07, 6.45) is -8.76. The number of ether oxygens (including phenoxy) is 1. The van der Waals surface area contributed by atoms with Crippen LogP contribution in [0.4, 0.5) is 26.3 Å². The number of aliphatic hydroxyl groups is 3. The Hall–Kier alpha value is -3.57. The summed E-state index contributed by atoms with van der Waals surface area (Å²) in [5.74, 6) is -4.86. The zero-order chi connectivity index (χ0) is 28.9. The molecule has 0 amide bonds. The maximum absolute atomic E-state index is 13.7. The van der Waals surface area contributed by atoms with Gasteiger partial charge in [-0.2, -0.15) is 13.2 Å². The molecular weight excluding hydrogens is 574 g/mol. The van der Waals surface area contributed by atoms with E-state index in [1.165, 1.54) is 6.07 Å². The van der Waals surface area contributed by atoms with Gasteiger partial charge in [-0.3, -0.25) is 4.57 Å². The Bertz CT molecular complexity index is 1530. The molecule has 1 aliphatic rings.